The second kappa shape index (κ2) is 8.58. The highest BCUT2D eigenvalue weighted by molar-refractivity contribution is 5.78. The third kappa shape index (κ3) is 5.21. The van der Waals surface area contributed by atoms with E-state index in [4.69, 9.17) is 9.47 Å². The Morgan fingerprint density at radius 2 is 1.82 bits per heavy atom. The minimum Gasteiger partial charge on any atom is -0.466 e. The van der Waals surface area contributed by atoms with Gasteiger partial charge in [-0.2, -0.15) is 0 Å². The Labute approximate surface area is 164 Å². The maximum Gasteiger partial charge on any atom is 0.410 e. The lowest BCUT2D eigenvalue weighted by Gasteiger charge is -2.40. The summed E-state index contributed by atoms with van der Waals surface area (Å²) in [6.45, 7) is 8.01. The molecule has 0 aromatic heterocycles. The minimum atomic E-state index is -0.902. The van der Waals surface area contributed by atoms with E-state index < -0.39 is 22.0 Å². The van der Waals surface area contributed by atoms with Gasteiger partial charge in [-0.05, 0) is 47.0 Å². The number of nitro benzene ring substituents is 1. The molecule has 1 heterocycles. The van der Waals surface area contributed by atoms with E-state index in [9.17, 15) is 19.7 Å². The van der Waals surface area contributed by atoms with Crippen LogP contribution in [0, 0.1) is 15.5 Å². The van der Waals surface area contributed by atoms with Gasteiger partial charge in [0.25, 0.3) is 5.69 Å². The molecular weight excluding hydrogens is 364 g/mol. The van der Waals surface area contributed by atoms with E-state index in [-0.39, 0.29) is 24.7 Å². The van der Waals surface area contributed by atoms with Crippen LogP contribution in [0.25, 0.3) is 0 Å². The molecule has 0 radical (unpaired) electrons. The van der Waals surface area contributed by atoms with Gasteiger partial charge in [-0.3, -0.25) is 14.9 Å². The first kappa shape index (κ1) is 21.7. The number of ether oxygens (including phenoxy) is 2. The van der Waals surface area contributed by atoms with E-state index >= 15 is 0 Å². The van der Waals surface area contributed by atoms with Crippen LogP contribution in [0.3, 0.4) is 0 Å². The van der Waals surface area contributed by atoms with E-state index in [2.05, 4.69) is 0 Å². The van der Waals surface area contributed by atoms with E-state index in [1.165, 1.54) is 6.07 Å². The summed E-state index contributed by atoms with van der Waals surface area (Å²) in [6, 6.07) is 6.42. The average molecular weight is 392 g/mol. The van der Waals surface area contributed by atoms with Crippen molar-refractivity contribution in [1.82, 2.24) is 4.90 Å². The number of nitro groups is 1. The number of carbonyl (C=O) groups is 2. The predicted molar refractivity (Wildman–Crippen MR) is 103 cm³/mol. The molecule has 0 N–H and O–H groups in total. The Kier molecular flexibility index (Phi) is 6.64. The Balaban J connectivity index is 2.22. The van der Waals surface area contributed by atoms with Gasteiger partial charge in [-0.1, -0.05) is 18.2 Å². The van der Waals surface area contributed by atoms with Crippen molar-refractivity contribution >= 4 is 17.7 Å². The summed E-state index contributed by atoms with van der Waals surface area (Å²) in [7, 11) is 0. The number of para-hydroxylation sites is 1. The molecule has 0 unspecified atom stereocenters. The van der Waals surface area contributed by atoms with Crippen LogP contribution in [-0.2, 0) is 20.7 Å². The number of benzene rings is 1. The van der Waals surface area contributed by atoms with Crippen molar-refractivity contribution in [3.63, 3.8) is 0 Å². The van der Waals surface area contributed by atoms with E-state index in [0.29, 0.717) is 31.5 Å². The molecule has 2 rings (SSSR count). The van der Waals surface area contributed by atoms with Crippen LogP contribution < -0.4 is 0 Å². The molecule has 1 aliphatic rings. The number of piperidine rings is 1. The van der Waals surface area contributed by atoms with Crippen LogP contribution in [0.15, 0.2) is 24.3 Å². The molecule has 0 atom stereocenters. The van der Waals surface area contributed by atoms with Crippen LogP contribution in [0.2, 0.25) is 0 Å². The standard InChI is InChI=1S/C20H28N2O6/c1-5-27-17(23)20(14-15-8-6-7-9-16(15)22(25)26)10-12-21(13-11-20)18(24)28-19(2,3)4/h6-9H,5,10-14H2,1-4H3. The molecule has 28 heavy (non-hydrogen) atoms. The van der Waals surface area contributed by atoms with E-state index in [1.54, 1.807) is 50.8 Å². The van der Waals surface area contributed by atoms with Crippen LogP contribution in [-0.4, -0.2) is 47.2 Å². The summed E-state index contributed by atoms with van der Waals surface area (Å²) < 4.78 is 10.7. The molecule has 154 valence electrons. The van der Waals surface area contributed by atoms with Crippen LogP contribution in [0.1, 0.15) is 46.1 Å². The molecule has 0 bridgehead atoms. The maximum atomic E-state index is 12.8. The summed E-state index contributed by atoms with van der Waals surface area (Å²) in [6.07, 6.45) is 0.495. The number of hydrogen-bond acceptors (Lipinski definition) is 6. The van der Waals surface area contributed by atoms with Crippen LogP contribution >= 0.6 is 0 Å². The van der Waals surface area contributed by atoms with Gasteiger partial charge < -0.3 is 14.4 Å². The van der Waals surface area contributed by atoms with Gasteiger partial charge in [0.2, 0.25) is 0 Å². The third-order valence-corrected chi connectivity index (χ3v) is 4.80. The molecule has 1 aromatic carbocycles. The summed E-state index contributed by atoms with van der Waals surface area (Å²) in [5.74, 6) is -0.378. The van der Waals surface area contributed by atoms with Crippen LogP contribution in [0.5, 0.6) is 0 Å². The Morgan fingerprint density at radius 3 is 2.36 bits per heavy atom. The van der Waals surface area contributed by atoms with Crippen molar-refractivity contribution in [1.29, 1.82) is 0 Å². The smallest absolute Gasteiger partial charge is 0.410 e. The average Bonchev–Trinajstić information content (AvgIpc) is 2.61. The van der Waals surface area contributed by atoms with Crippen molar-refractivity contribution in [2.75, 3.05) is 19.7 Å². The van der Waals surface area contributed by atoms with Crippen molar-refractivity contribution in [2.24, 2.45) is 5.41 Å². The van der Waals surface area contributed by atoms with E-state index in [0.717, 1.165) is 0 Å². The SMILES string of the molecule is CCOC(=O)C1(Cc2ccccc2[N+](=O)[O-])CCN(C(=O)OC(C)(C)C)CC1. The molecule has 0 spiro atoms. The Hall–Kier alpha value is -2.64. The third-order valence-electron chi connectivity index (χ3n) is 4.80. The molecule has 1 aromatic rings. The van der Waals surface area contributed by atoms with E-state index in [1.807, 2.05) is 0 Å². The van der Waals surface area contributed by atoms with Gasteiger partial charge in [0.15, 0.2) is 0 Å². The molecule has 0 saturated carbocycles. The first-order chi connectivity index (χ1) is 13.1. The predicted octanol–water partition coefficient (Wildman–Crippen LogP) is 3.72. The van der Waals surface area contributed by atoms with Gasteiger partial charge in [0.05, 0.1) is 16.9 Å². The molecular formula is C20H28N2O6. The molecule has 1 amide bonds. The summed E-state index contributed by atoms with van der Waals surface area (Å²) in [5.41, 5.74) is -1.02. The minimum absolute atomic E-state index is 0.0132. The monoisotopic (exact) mass is 392 g/mol. The fraction of sp³-hybridized carbons (Fsp3) is 0.600. The van der Waals surface area contributed by atoms with Gasteiger partial charge in [-0.15, -0.1) is 0 Å². The normalized spacial score (nSPS) is 16.4. The molecule has 1 saturated heterocycles. The zero-order valence-electron chi connectivity index (χ0n) is 16.9. The molecule has 1 fully saturated rings. The fourth-order valence-electron chi connectivity index (χ4n) is 3.38. The summed E-state index contributed by atoms with van der Waals surface area (Å²) in [4.78, 5) is 37.6. The first-order valence-corrected chi connectivity index (χ1v) is 9.45. The zero-order valence-corrected chi connectivity index (χ0v) is 16.9. The number of likely N-dealkylation sites (tertiary alicyclic amines) is 1. The molecule has 1 aliphatic heterocycles. The highest BCUT2D eigenvalue weighted by atomic mass is 16.6. The largest absolute Gasteiger partial charge is 0.466 e. The van der Waals surface area contributed by atoms with Crippen molar-refractivity contribution < 1.29 is 24.0 Å². The lowest BCUT2D eigenvalue weighted by Crippen LogP contribution is -2.49. The molecule has 0 aliphatic carbocycles. The van der Waals surface area contributed by atoms with Gasteiger partial charge in [0.1, 0.15) is 5.60 Å². The summed E-state index contributed by atoms with van der Waals surface area (Å²) >= 11 is 0. The van der Waals surface area contributed by atoms with Gasteiger partial charge in [0, 0.05) is 24.7 Å². The van der Waals surface area contributed by atoms with Gasteiger partial charge >= 0.3 is 12.1 Å². The second-order valence-corrected chi connectivity index (χ2v) is 8.03. The van der Waals surface area contributed by atoms with Crippen molar-refractivity contribution in [3.8, 4) is 0 Å². The Morgan fingerprint density at radius 1 is 1.21 bits per heavy atom. The first-order valence-electron chi connectivity index (χ1n) is 9.45. The van der Waals surface area contributed by atoms with Gasteiger partial charge in [-0.25, -0.2) is 4.79 Å². The highest BCUT2D eigenvalue weighted by Gasteiger charge is 2.45. The fourth-order valence-corrected chi connectivity index (χ4v) is 3.38. The molecule has 8 nitrogen and oxygen atoms in total. The lowest BCUT2D eigenvalue weighted by molar-refractivity contribution is -0.385. The quantitative estimate of drug-likeness (QED) is 0.430. The highest BCUT2D eigenvalue weighted by Crippen LogP contribution is 2.39. The number of hydrogen-bond donors (Lipinski definition) is 0. The lowest BCUT2D eigenvalue weighted by atomic mass is 9.73. The maximum absolute atomic E-state index is 12.8. The number of carbonyl (C=O) groups excluding carboxylic acids is 2. The number of nitrogens with zero attached hydrogens (tertiary/aromatic N) is 2. The van der Waals surface area contributed by atoms with Crippen molar-refractivity contribution in [2.45, 2.75) is 52.6 Å². The second-order valence-electron chi connectivity index (χ2n) is 8.03. The van der Waals surface area contributed by atoms with Crippen molar-refractivity contribution in [3.05, 3.63) is 39.9 Å². The topological polar surface area (TPSA) is 99.0 Å². The molecule has 8 heteroatoms. The number of rotatable bonds is 5. The Bertz CT molecular complexity index is 732. The number of esters is 1. The number of amides is 1. The van der Waals surface area contributed by atoms with Crippen LogP contribution in [0.4, 0.5) is 10.5 Å². The summed E-state index contributed by atoms with van der Waals surface area (Å²) in [5, 5.41) is 11.4. The zero-order chi connectivity index (χ0) is 20.9.